The maximum atomic E-state index is 11.2. The second-order valence-corrected chi connectivity index (χ2v) is 5.95. The molecule has 1 heterocycles. The van der Waals surface area contributed by atoms with E-state index in [0.717, 1.165) is 0 Å². The minimum absolute atomic E-state index is 0.103. The molecular weight excluding hydrogens is 226 g/mol. The number of aromatic nitrogens is 2. The van der Waals surface area contributed by atoms with Gasteiger partial charge in [-0.05, 0) is 6.92 Å². The molecule has 0 aliphatic heterocycles. The molecule has 0 aromatic carbocycles. The van der Waals surface area contributed by atoms with E-state index in [2.05, 4.69) is 16.9 Å². The summed E-state index contributed by atoms with van der Waals surface area (Å²) in [6.07, 6.45) is 6.36. The van der Waals surface area contributed by atoms with Crippen LogP contribution in [0.5, 0.6) is 0 Å². The minimum atomic E-state index is -2.98. The van der Waals surface area contributed by atoms with Crippen molar-refractivity contribution in [3.05, 3.63) is 25.0 Å². The van der Waals surface area contributed by atoms with Crippen molar-refractivity contribution in [2.75, 3.05) is 23.9 Å². The fourth-order valence-corrected chi connectivity index (χ4v) is 2.52. The normalized spacial score (nSPS) is 13.4. The van der Waals surface area contributed by atoms with Gasteiger partial charge in [-0.1, -0.05) is 6.08 Å². The van der Waals surface area contributed by atoms with Crippen LogP contribution in [0.2, 0.25) is 0 Å². The Balaban J connectivity index is 2.79. The second kappa shape index (κ2) is 5.16. The van der Waals surface area contributed by atoms with E-state index in [4.69, 9.17) is 0 Å². The van der Waals surface area contributed by atoms with Gasteiger partial charge in [0.15, 0.2) is 0 Å². The van der Waals surface area contributed by atoms with Gasteiger partial charge in [-0.2, -0.15) is 0 Å². The van der Waals surface area contributed by atoms with E-state index >= 15 is 0 Å². The highest BCUT2D eigenvalue weighted by atomic mass is 32.2. The van der Waals surface area contributed by atoms with Crippen molar-refractivity contribution < 1.29 is 8.42 Å². The molecule has 0 radical (unpaired) electrons. The predicted molar refractivity (Wildman–Crippen MR) is 65.3 cm³/mol. The summed E-state index contributed by atoms with van der Waals surface area (Å²) in [5.74, 6) is 0.766. The highest BCUT2D eigenvalue weighted by Gasteiger charge is 2.14. The van der Waals surface area contributed by atoms with E-state index < -0.39 is 9.84 Å². The van der Waals surface area contributed by atoms with Crippen LogP contribution in [-0.2, 0) is 9.84 Å². The topological polar surface area (TPSA) is 64.0 Å². The van der Waals surface area contributed by atoms with E-state index in [0.29, 0.717) is 12.5 Å². The third-order valence-electron chi connectivity index (χ3n) is 2.09. The monoisotopic (exact) mass is 243 g/mol. The molecule has 0 spiro atoms. The maximum absolute atomic E-state index is 11.2. The maximum Gasteiger partial charge on any atom is 0.203 e. The number of hydrogen-bond acceptors (Lipinski definition) is 4. The van der Waals surface area contributed by atoms with E-state index in [1.165, 1.54) is 6.26 Å². The van der Waals surface area contributed by atoms with Gasteiger partial charge in [0.2, 0.25) is 5.95 Å². The first-order chi connectivity index (χ1) is 7.44. The largest absolute Gasteiger partial charge is 0.352 e. The van der Waals surface area contributed by atoms with Gasteiger partial charge < -0.3 is 9.88 Å². The molecule has 0 fully saturated rings. The summed E-state index contributed by atoms with van der Waals surface area (Å²) in [5.41, 5.74) is 0. The van der Waals surface area contributed by atoms with Crippen molar-refractivity contribution in [1.29, 1.82) is 0 Å². The van der Waals surface area contributed by atoms with Crippen molar-refractivity contribution in [3.8, 4) is 0 Å². The molecule has 1 unspecified atom stereocenters. The molecule has 0 saturated heterocycles. The molecule has 0 saturated carbocycles. The Kier molecular flexibility index (Phi) is 4.12. The summed E-state index contributed by atoms with van der Waals surface area (Å²) in [7, 11) is -2.98. The Hall–Kier alpha value is -1.30. The summed E-state index contributed by atoms with van der Waals surface area (Å²) in [6.45, 7) is 6.05. The molecule has 0 aliphatic rings. The summed E-state index contributed by atoms with van der Waals surface area (Å²) in [5, 5.41) is 3.05. The van der Waals surface area contributed by atoms with Crippen LogP contribution in [-0.4, -0.2) is 36.5 Å². The highest BCUT2D eigenvalue weighted by Crippen LogP contribution is 2.14. The summed E-state index contributed by atoms with van der Waals surface area (Å²) >= 11 is 0. The number of nitrogens with zero attached hydrogens (tertiary/aromatic N) is 2. The van der Waals surface area contributed by atoms with Crippen molar-refractivity contribution in [1.82, 2.24) is 9.55 Å². The number of sulfone groups is 1. The Morgan fingerprint density at radius 3 is 2.94 bits per heavy atom. The zero-order valence-electron chi connectivity index (χ0n) is 9.55. The van der Waals surface area contributed by atoms with Gasteiger partial charge >= 0.3 is 0 Å². The van der Waals surface area contributed by atoms with Gasteiger partial charge in [0.25, 0.3) is 0 Å². The van der Waals surface area contributed by atoms with Crippen molar-refractivity contribution in [2.24, 2.45) is 0 Å². The molecule has 6 heteroatoms. The van der Waals surface area contributed by atoms with Gasteiger partial charge in [-0.15, -0.1) is 6.58 Å². The fourth-order valence-electron chi connectivity index (χ4n) is 1.49. The van der Waals surface area contributed by atoms with E-state index in [1.54, 1.807) is 18.5 Å². The third-order valence-corrected chi connectivity index (χ3v) is 3.18. The number of anilines is 1. The Morgan fingerprint density at radius 2 is 2.38 bits per heavy atom. The van der Waals surface area contributed by atoms with E-state index in [-0.39, 0.29) is 11.8 Å². The molecule has 0 amide bonds. The van der Waals surface area contributed by atoms with Crippen LogP contribution in [0, 0.1) is 0 Å². The van der Waals surface area contributed by atoms with E-state index in [9.17, 15) is 8.42 Å². The average Bonchev–Trinajstić information content (AvgIpc) is 2.59. The zero-order valence-corrected chi connectivity index (χ0v) is 10.4. The van der Waals surface area contributed by atoms with Crippen LogP contribution in [0.15, 0.2) is 25.0 Å². The van der Waals surface area contributed by atoms with Crippen molar-refractivity contribution in [2.45, 2.75) is 13.0 Å². The molecule has 1 aromatic heterocycles. The molecular formula is C10H17N3O2S. The zero-order chi connectivity index (χ0) is 12.2. The van der Waals surface area contributed by atoms with Crippen LogP contribution in [0.3, 0.4) is 0 Å². The SMILES string of the molecule is C=CCNc1nccn1C(C)CS(C)(=O)=O. The molecule has 1 rings (SSSR count). The standard InChI is InChI=1S/C10H17N3O2S/c1-4-5-11-10-12-6-7-13(10)9(2)8-16(3,14)15/h4,6-7,9H,1,5,8H2,2-3H3,(H,11,12). The third kappa shape index (κ3) is 3.69. The smallest absolute Gasteiger partial charge is 0.203 e. The van der Waals surface area contributed by atoms with Crippen LogP contribution >= 0.6 is 0 Å². The van der Waals surface area contributed by atoms with Gasteiger partial charge in [-0.25, -0.2) is 13.4 Å². The van der Waals surface area contributed by atoms with Gasteiger partial charge in [0.1, 0.15) is 9.84 Å². The van der Waals surface area contributed by atoms with Crippen molar-refractivity contribution >= 4 is 15.8 Å². The molecule has 16 heavy (non-hydrogen) atoms. The lowest BCUT2D eigenvalue weighted by Gasteiger charge is -2.15. The molecule has 90 valence electrons. The Labute approximate surface area is 96.1 Å². The number of nitrogens with one attached hydrogen (secondary N) is 1. The van der Waals surface area contributed by atoms with Crippen LogP contribution in [0.25, 0.3) is 0 Å². The predicted octanol–water partition coefficient (Wildman–Crippen LogP) is 1.09. The molecule has 1 atom stereocenters. The number of hydrogen-bond donors (Lipinski definition) is 1. The second-order valence-electron chi connectivity index (χ2n) is 3.77. The first-order valence-electron chi connectivity index (χ1n) is 4.99. The van der Waals surface area contributed by atoms with Gasteiger partial charge in [0, 0.05) is 31.2 Å². The quantitative estimate of drug-likeness (QED) is 0.760. The average molecular weight is 243 g/mol. The lowest BCUT2D eigenvalue weighted by Crippen LogP contribution is -2.18. The lowest BCUT2D eigenvalue weighted by atomic mass is 10.4. The summed E-state index contributed by atoms with van der Waals surface area (Å²) in [4.78, 5) is 4.11. The summed E-state index contributed by atoms with van der Waals surface area (Å²) < 4.78 is 24.2. The van der Waals surface area contributed by atoms with Crippen LogP contribution in [0.4, 0.5) is 5.95 Å². The number of rotatable bonds is 6. The van der Waals surface area contributed by atoms with Gasteiger partial charge in [-0.3, -0.25) is 0 Å². The molecule has 1 N–H and O–H groups in total. The Morgan fingerprint density at radius 1 is 1.69 bits per heavy atom. The first kappa shape index (κ1) is 12.8. The van der Waals surface area contributed by atoms with Crippen molar-refractivity contribution in [3.63, 3.8) is 0 Å². The first-order valence-corrected chi connectivity index (χ1v) is 7.05. The Bertz CT molecular complexity index is 450. The molecule has 0 bridgehead atoms. The minimum Gasteiger partial charge on any atom is -0.352 e. The van der Waals surface area contributed by atoms with Crippen LogP contribution in [0.1, 0.15) is 13.0 Å². The summed E-state index contributed by atoms with van der Waals surface area (Å²) in [6, 6.07) is -0.134. The van der Waals surface area contributed by atoms with E-state index in [1.807, 2.05) is 11.5 Å². The molecule has 5 nitrogen and oxygen atoms in total. The fraction of sp³-hybridized carbons (Fsp3) is 0.500. The van der Waals surface area contributed by atoms with Gasteiger partial charge in [0.05, 0.1) is 5.75 Å². The molecule has 1 aromatic rings. The lowest BCUT2D eigenvalue weighted by molar-refractivity contribution is 0.564. The van der Waals surface area contributed by atoms with Crippen LogP contribution < -0.4 is 5.32 Å². The number of imidazole rings is 1. The highest BCUT2D eigenvalue weighted by molar-refractivity contribution is 7.90. The molecule has 0 aliphatic carbocycles.